The van der Waals surface area contributed by atoms with Gasteiger partial charge in [0.15, 0.2) is 0 Å². The fraction of sp³-hybridized carbons (Fsp3) is 0.500. The van der Waals surface area contributed by atoms with Crippen LogP contribution in [0.2, 0.25) is 0 Å². The Balaban J connectivity index is 1.82. The average molecular weight is 263 g/mol. The number of hydrogen-bond donors (Lipinski definition) is 2. The van der Waals surface area contributed by atoms with Crippen LogP contribution in [0.4, 0.5) is 11.4 Å². The van der Waals surface area contributed by atoms with Crippen molar-refractivity contribution < 1.29 is 9.53 Å². The van der Waals surface area contributed by atoms with Gasteiger partial charge in [-0.25, -0.2) is 0 Å². The Morgan fingerprint density at radius 1 is 1.32 bits per heavy atom. The highest BCUT2D eigenvalue weighted by molar-refractivity contribution is 5.95. The van der Waals surface area contributed by atoms with Crippen molar-refractivity contribution in [1.82, 2.24) is 4.90 Å². The van der Waals surface area contributed by atoms with Crippen LogP contribution >= 0.6 is 0 Å². The number of carbonyl (C=O) groups is 1. The third kappa shape index (κ3) is 4.13. The van der Waals surface area contributed by atoms with Crippen molar-refractivity contribution in [2.75, 3.05) is 38.3 Å². The van der Waals surface area contributed by atoms with Crippen LogP contribution in [0.15, 0.2) is 18.2 Å². The van der Waals surface area contributed by atoms with Crippen molar-refractivity contribution in [3.05, 3.63) is 23.8 Å². The molecule has 0 radical (unpaired) electrons. The number of nitrogens with zero attached hydrogens (tertiary/aromatic N) is 1. The predicted molar refractivity (Wildman–Crippen MR) is 75.8 cm³/mol. The van der Waals surface area contributed by atoms with Gasteiger partial charge in [-0.3, -0.25) is 4.79 Å². The number of hydrogen-bond acceptors (Lipinski definition) is 4. The normalized spacial score (nSPS) is 14.4. The van der Waals surface area contributed by atoms with Crippen LogP contribution < -0.4 is 11.5 Å². The van der Waals surface area contributed by atoms with Crippen molar-refractivity contribution in [2.45, 2.75) is 12.8 Å². The number of likely N-dealkylation sites (N-methyl/N-ethyl adjacent to an activating group) is 1. The van der Waals surface area contributed by atoms with Crippen LogP contribution in [-0.4, -0.2) is 37.6 Å². The Kier molecular flexibility index (Phi) is 4.27. The molecular weight excluding hydrogens is 242 g/mol. The molecule has 104 valence electrons. The van der Waals surface area contributed by atoms with Gasteiger partial charge in [-0.2, -0.15) is 0 Å². The Labute approximate surface area is 113 Å². The number of amides is 1. The van der Waals surface area contributed by atoms with Gasteiger partial charge in [-0.1, -0.05) is 0 Å². The Bertz CT molecular complexity index is 438. The molecule has 4 N–H and O–H groups in total. The molecule has 0 aromatic heterocycles. The molecule has 0 atom stereocenters. The third-order valence-corrected chi connectivity index (χ3v) is 3.19. The summed E-state index contributed by atoms with van der Waals surface area (Å²) in [5.41, 5.74) is 12.9. The van der Waals surface area contributed by atoms with E-state index < -0.39 is 0 Å². The topological polar surface area (TPSA) is 81.6 Å². The van der Waals surface area contributed by atoms with Crippen LogP contribution in [0.25, 0.3) is 0 Å². The van der Waals surface area contributed by atoms with Crippen LogP contribution in [0.3, 0.4) is 0 Å². The monoisotopic (exact) mass is 263 g/mol. The molecule has 0 unspecified atom stereocenters. The first-order valence-electron chi connectivity index (χ1n) is 6.55. The highest BCUT2D eigenvalue weighted by atomic mass is 16.5. The number of ether oxygens (including phenoxy) is 1. The predicted octanol–water partition coefficient (Wildman–Crippen LogP) is 1.35. The van der Waals surface area contributed by atoms with E-state index in [1.165, 1.54) is 12.8 Å². The van der Waals surface area contributed by atoms with Crippen LogP contribution in [0, 0.1) is 5.92 Å². The van der Waals surface area contributed by atoms with E-state index in [4.69, 9.17) is 16.2 Å². The van der Waals surface area contributed by atoms with E-state index in [2.05, 4.69) is 0 Å². The molecule has 0 heterocycles. The smallest absolute Gasteiger partial charge is 0.253 e. The van der Waals surface area contributed by atoms with Gasteiger partial charge in [0.25, 0.3) is 5.91 Å². The van der Waals surface area contributed by atoms with Gasteiger partial charge < -0.3 is 21.1 Å². The van der Waals surface area contributed by atoms with E-state index in [0.29, 0.717) is 30.1 Å². The number of carbonyl (C=O) groups excluding carboxylic acids is 1. The zero-order valence-corrected chi connectivity index (χ0v) is 11.3. The molecule has 19 heavy (non-hydrogen) atoms. The van der Waals surface area contributed by atoms with Gasteiger partial charge in [-0.15, -0.1) is 0 Å². The Morgan fingerprint density at radius 3 is 2.53 bits per heavy atom. The summed E-state index contributed by atoms with van der Waals surface area (Å²) in [6.45, 7) is 1.95. The van der Waals surface area contributed by atoms with Crippen molar-refractivity contribution in [3.8, 4) is 0 Å². The fourth-order valence-corrected chi connectivity index (χ4v) is 1.86. The first-order valence-corrected chi connectivity index (χ1v) is 6.55. The summed E-state index contributed by atoms with van der Waals surface area (Å²) in [4.78, 5) is 13.8. The van der Waals surface area contributed by atoms with Crippen LogP contribution in [0.1, 0.15) is 23.2 Å². The van der Waals surface area contributed by atoms with E-state index in [1.807, 2.05) is 0 Å². The molecule has 0 aliphatic heterocycles. The number of benzene rings is 1. The number of anilines is 2. The first-order chi connectivity index (χ1) is 9.06. The summed E-state index contributed by atoms with van der Waals surface area (Å²) in [6.07, 6.45) is 2.55. The second-order valence-electron chi connectivity index (χ2n) is 5.13. The number of nitrogens with two attached hydrogens (primary N) is 2. The molecular formula is C14H21N3O2. The van der Waals surface area contributed by atoms with Crippen LogP contribution in [-0.2, 0) is 4.74 Å². The summed E-state index contributed by atoms with van der Waals surface area (Å²) in [6, 6.07) is 4.91. The van der Waals surface area contributed by atoms with Crippen LogP contribution in [0.5, 0.6) is 0 Å². The van der Waals surface area contributed by atoms with E-state index in [-0.39, 0.29) is 5.91 Å². The maximum absolute atomic E-state index is 12.1. The van der Waals surface area contributed by atoms with E-state index in [0.717, 1.165) is 12.5 Å². The summed E-state index contributed by atoms with van der Waals surface area (Å²) in [5, 5.41) is 0. The average Bonchev–Trinajstić information content (AvgIpc) is 3.16. The second-order valence-corrected chi connectivity index (χ2v) is 5.13. The molecule has 1 amide bonds. The minimum absolute atomic E-state index is 0.0889. The Hall–Kier alpha value is -1.75. The summed E-state index contributed by atoms with van der Waals surface area (Å²) in [5.74, 6) is 0.656. The standard InChI is InChI=1S/C14H21N3O2/c1-17(4-5-19-9-10-2-3-10)14(18)11-6-12(15)8-13(16)7-11/h6-8,10H,2-5,9,15-16H2,1H3. The highest BCUT2D eigenvalue weighted by Gasteiger charge is 2.21. The third-order valence-electron chi connectivity index (χ3n) is 3.19. The fourth-order valence-electron chi connectivity index (χ4n) is 1.86. The van der Waals surface area contributed by atoms with Crippen molar-refractivity contribution in [2.24, 2.45) is 5.92 Å². The molecule has 1 aliphatic carbocycles. The molecule has 2 rings (SSSR count). The first kappa shape index (κ1) is 13.7. The van der Waals surface area contributed by atoms with Gasteiger partial charge in [0.2, 0.25) is 0 Å². The molecule has 1 aromatic carbocycles. The summed E-state index contributed by atoms with van der Waals surface area (Å²) in [7, 11) is 1.75. The number of rotatable bonds is 6. The maximum atomic E-state index is 12.1. The lowest BCUT2D eigenvalue weighted by atomic mass is 10.1. The quantitative estimate of drug-likeness (QED) is 0.599. The zero-order valence-electron chi connectivity index (χ0n) is 11.3. The summed E-state index contributed by atoms with van der Waals surface area (Å²) >= 11 is 0. The molecule has 0 bridgehead atoms. The minimum atomic E-state index is -0.0889. The highest BCUT2D eigenvalue weighted by Crippen LogP contribution is 2.28. The largest absolute Gasteiger partial charge is 0.399 e. The van der Waals surface area contributed by atoms with Gasteiger partial charge in [-0.05, 0) is 37.0 Å². The number of nitrogen functional groups attached to an aromatic ring is 2. The molecule has 1 saturated carbocycles. The maximum Gasteiger partial charge on any atom is 0.253 e. The van der Waals surface area contributed by atoms with Gasteiger partial charge in [0.1, 0.15) is 0 Å². The molecule has 5 heteroatoms. The summed E-state index contributed by atoms with van der Waals surface area (Å²) < 4.78 is 5.52. The zero-order chi connectivity index (χ0) is 13.8. The molecule has 5 nitrogen and oxygen atoms in total. The molecule has 0 spiro atoms. The molecule has 1 fully saturated rings. The van der Waals surface area contributed by atoms with Crippen molar-refractivity contribution >= 4 is 17.3 Å². The molecule has 1 aliphatic rings. The Morgan fingerprint density at radius 2 is 1.95 bits per heavy atom. The lowest BCUT2D eigenvalue weighted by Crippen LogP contribution is -2.30. The van der Waals surface area contributed by atoms with E-state index in [1.54, 1.807) is 30.1 Å². The molecule has 1 aromatic rings. The van der Waals surface area contributed by atoms with Gasteiger partial charge in [0, 0.05) is 37.1 Å². The molecule has 0 saturated heterocycles. The van der Waals surface area contributed by atoms with Crippen molar-refractivity contribution in [1.29, 1.82) is 0 Å². The SMILES string of the molecule is CN(CCOCC1CC1)C(=O)c1cc(N)cc(N)c1. The van der Waals surface area contributed by atoms with Crippen molar-refractivity contribution in [3.63, 3.8) is 0 Å². The van der Waals surface area contributed by atoms with Gasteiger partial charge >= 0.3 is 0 Å². The van der Waals surface area contributed by atoms with E-state index >= 15 is 0 Å². The lowest BCUT2D eigenvalue weighted by molar-refractivity contribution is 0.0681. The van der Waals surface area contributed by atoms with E-state index in [9.17, 15) is 4.79 Å². The minimum Gasteiger partial charge on any atom is -0.399 e. The lowest BCUT2D eigenvalue weighted by Gasteiger charge is -2.17. The van der Waals surface area contributed by atoms with Gasteiger partial charge in [0.05, 0.1) is 6.61 Å². The second kappa shape index (κ2) is 5.93.